The Morgan fingerprint density at radius 1 is 0.864 bits per heavy atom. The van der Waals surface area contributed by atoms with Crippen LogP contribution >= 0.6 is 0 Å². The minimum absolute atomic E-state index is 0.198. The van der Waals surface area contributed by atoms with Crippen molar-refractivity contribution in [2.45, 2.75) is 13.5 Å². The van der Waals surface area contributed by atoms with Gasteiger partial charge in [-0.05, 0) is 31.2 Å². The quantitative estimate of drug-likeness (QED) is 0.694. The van der Waals surface area contributed by atoms with E-state index < -0.39 is 0 Å². The maximum atomic E-state index is 5.70. The van der Waals surface area contributed by atoms with Crippen molar-refractivity contribution in [3.8, 4) is 23.0 Å². The predicted molar refractivity (Wildman–Crippen MR) is 81.7 cm³/mol. The second kappa shape index (κ2) is 6.76. The highest BCUT2D eigenvalue weighted by Crippen LogP contribution is 2.27. The van der Waals surface area contributed by atoms with Crippen LogP contribution in [0.2, 0.25) is 0 Å². The Morgan fingerprint density at radius 2 is 1.55 bits per heavy atom. The van der Waals surface area contributed by atoms with Crippen molar-refractivity contribution in [3.05, 3.63) is 60.5 Å². The van der Waals surface area contributed by atoms with Gasteiger partial charge in [0.25, 0.3) is 5.89 Å². The van der Waals surface area contributed by atoms with E-state index in [9.17, 15) is 0 Å². The molecule has 0 atom stereocenters. The van der Waals surface area contributed by atoms with Crippen molar-refractivity contribution in [1.29, 1.82) is 0 Å². The second-order valence-electron chi connectivity index (χ2n) is 4.54. The van der Waals surface area contributed by atoms with Crippen LogP contribution in [-0.4, -0.2) is 16.8 Å². The molecule has 1 heterocycles. The van der Waals surface area contributed by atoms with Gasteiger partial charge in [-0.15, -0.1) is 10.2 Å². The fourth-order valence-corrected chi connectivity index (χ4v) is 1.99. The Morgan fingerprint density at radius 3 is 2.27 bits per heavy atom. The topological polar surface area (TPSA) is 57.4 Å². The third kappa shape index (κ3) is 3.25. The first-order valence-corrected chi connectivity index (χ1v) is 7.09. The zero-order valence-corrected chi connectivity index (χ0v) is 12.2. The molecule has 0 radical (unpaired) electrons. The third-order valence-corrected chi connectivity index (χ3v) is 2.99. The molecule has 112 valence electrons. The van der Waals surface area contributed by atoms with Gasteiger partial charge in [-0.3, -0.25) is 0 Å². The number of hydrogen-bond acceptors (Lipinski definition) is 5. The molecule has 3 rings (SSSR count). The Bertz CT molecular complexity index is 726. The van der Waals surface area contributed by atoms with Crippen LogP contribution in [0.15, 0.2) is 59.0 Å². The molecule has 5 heteroatoms. The van der Waals surface area contributed by atoms with Crippen LogP contribution in [0.1, 0.15) is 12.8 Å². The van der Waals surface area contributed by atoms with Crippen molar-refractivity contribution in [3.63, 3.8) is 0 Å². The third-order valence-electron chi connectivity index (χ3n) is 2.99. The molecule has 0 fully saturated rings. The standard InChI is InChI=1S/C17H16N2O3/c1-2-20-14-10-6-7-11-15(14)21-12-16-18-19-17(22-16)13-8-4-3-5-9-13/h3-11H,2,12H2,1H3. The van der Waals surface area contributed by atoms with Gasteiger partial charge < -0.3 is 13.9 Å². The lowest BCUT2D eigenvalue weighted by Gasteiger charge is -2.09. The van der Waals surface area contributed by atoms with Crippen LogP contribution in [0.25, 0.3) is 11.5 Å². The molecule has 0 unspecified atom stereocenters. The van der Waals surface area contributed by atoms with E-state index in [0.29, 0.717) is 29.9 Å². The highest BCUT2D eigenvalue weighted by molar-refractivity contribution is 5.51. The van der Waals surface area contributed by atoms with Crippen LogP contribution in [0.4, 0.5) is 0 Å². The van der Waals surface area contributed by atoms with Gasteiger partial charge in [0.05, 0.1) is 6.61 Å². The molecule has 5 nitrogen and oxygen atoms in total. The summed E-state index contributed by atoms with van der Waals surface area (Å²) < 4.78 is 16.8. The molecule has 0 N–H and O–H groups in total. The van der Waals surface area contributed by atoms with E-state index in [1.807, 2.05) is 61.5 Å². The summed E-state index contributed by atoms with van der Waals surface area (Å²) in [7, 11) is 0. The number of ether oxygens (including phenoxy) is 2. The highest BCUT2D eigenvalue weighted by atomic mass is 16.5. The van der Waals surface area contributed by atoms with Crippen LogP contribution in [0.3, 0.4) is 0 Å². The van der Waals surface area contributed by atoms with E-state index in [2.05, 4.69) is 10.2 Å². The summed E-state index contributed by atoms with van der Waals surface area (Å²) in [5, 5.41) is 8.03. The van der Waals surface area contributed by atoms with Gasteiger partial charge in [0.2, 0.25) is 5.89 Å². The van der Waals surface area contributed by atoms with E-state index in [1.165, 1.54) is 0 Å². The lowest BCUT2D eigenvalue weighted by Crippen LogP contribution is -1.99. The van der Waals surface area contributed by atoms with Crippen molar-refractivity contribution in [1.82, 2.24) is 10.2 Å². The average molecular weight is 296 g/mol. The van der Waals surface area contributed by atoms with Gasteiger partial charge in [-0.2, -0.15) is 0 Å². The summed E-state index contributed by atoms with van der Waals surface area (Å²) >= 11 is 0. The molecular formula is C17H16N2O3. The fraction of sp³-hybridized carbons (Fsp3) is 0.176. The van der Waals surface area contributed by atoms with Crippen molar-refractivity contribution < 1.29 is 13.9 Å². The summed E-state index contributed by atoms with van der Waals surface area (Å²) in [4.78, 5) is 0. The number of hydrogen-bond donors (Lipinski definition) is 0. The zero-order chi connectivity index (χ0) is 15.2. The molecule has 22 heavy (non-hydrogen) atoms. The molecule has 1 aromatic heterocycles. The normalized spacial score (nSPS) is 10.4. The van der Waals surface area contributed by atoms with Gasteiger partial charge in [-0.25, -0.2) is 0 Å². The predicted octanol–water partition coefficient (Wildman–Crippen LogP) is 3.71. The minimum Gasteiger partial charge on any atom is -0.490 e. The summed E-state index contributed by atoms with van der Waals surface area (Å²) in [6.07, 6.45) is 0. The Balaban J connectivity index is 1.69. The zero-order valence-electron chi connectivity index (χ0n) is 12.2. The Hall–Kier alpha value is -2.82. The molecule has 0 aliphatic carbocycles. The number of nitrogens with zero attached hydrogens (tertiary/aromatic N) is 2. The fourth-order valence-electron chi connectivity index (χ4n) is 1.99. The van der Waals surface area contributed by atoms with Crippen molar-refractivity contribution in [2.75, 3.05) is 6.61 Å². The lowest BCUT2D eigenvalue weighted by molar-refractivity contribution is 0.243. The SMILES string of the molecule is CCOc1ccccc1OCc1nnc(-c2ccccc2)o1. The maximum absolute atomic E-state index is 5.70. The molecule has 0 saturated heterocycles. The van der Waals surface area contributed by atoms with E-state index in [1.54, 1.807) is 0 Å². The smallest absolute Gasteiger partial charge is 0.254 e. The Kier molecular flexibility index (Phi) is 4.34. The van der Waals surface area contributed by atoms with Crippen molar-refractivity contribution >= 4 is 0 Å². The van der Waals surface area contributed by atoms with E-state index in [-0.39, 0.29) is 6.61 Å². The minimum atomic E-state index is 0.198. The number of para-hydroxylation sites is 2. The molecule has 0 aliphatic rings. The van der Waals surface area contributed by atoms with Crippen LogP contribution in [0, 0.1) is 0 Å². The molecule has 3 aromatic rings. The molecule has 0 bridgehead atoms. The average Bonchev–Trinajstić information content (AvgIpc) is 3.04. The van der Waals surface area contributed by atoms with E-state index in [0.717, 1.165) is 5.56 Å². The van der Waals surface area contributed by atoms with Crippen LogP contribution in [0.5, 0.6) is 11.5 Å². The van der Waals surface area contributed by atoms with E-state index in [4.69, 9.17) is 13.9 Å². The molecule has 0 saturated carbocycles. The van der Waals surface area contributed by atoms with Gasteiger partial charge in [0.1, 0.15) is 0 Å². The summed E-state index contributed by atoms with van der Waals surface area (Å²) in [6, 6.07) is 17.1. The number of benzene rings is 2. The lowest BCUT2D eigenvalue weighted by atomic mass is 10.2. The van der Waals surface area contributed by atoms with Crippen molar-refractivity contribution in [2.24, 2.45) is 0 Å². The maximum Gasteiger partial charge on any atom is 0.254 e. The molecule has 0 aliphatic heterocycles. The summed E-state index contributed by atoms with van der Waals surface area (Å²) in [5.41, 5.74) is 0.885. The first kappa shape index (κ1) is 14.1. The monoisotopic (exact) mass is 296 g/mol. The largest absolute Gasteiger partial charge is 0.490 e. The van der Waals surface area contributed by atoms with Gasteiger partial charge in [-0.1, -0.05) is 30.3 Å². The van der Waals surface area contributed by atoms with Gasteiger partial charge in [0.15, 0.2) is 18.1 Å². The van der Waals surface area contributed by atoms with E-state index >= 15 is 0 Å². The Labute approximate surface area is 128 Å². The first-order chi connectivity index (χ1) is 10.9. The van der Waals surface area contributed by atoms with Crippen LogP contribution < -0.4 is 9.47 Å². The molecule has 2 aromatic carbocycles. The molecular weight excluding hydrogens is 280 g/mol. The van der Waals surface area contributed by atoms with Crippen LogP contribution in [-0.2, 0) is 6.61 Å². The summed E-state index contributed by atoms with van der Waals surface area (Å²) in [6.45, 7) is 2.71. The van der Waals surface area contributed by atoms with Gasteiger partial charge >= 0.3 is 0 Å². The number of aromatic nitrogens is 2. The summed E-state index contributed by atoms with van der Waals surface area (Å²) in [5.74, 6) is 2.26. The highest BCUT2D eigenvalue weighted by Gasteiger charge is 2.10. The van der Waals surface area contributed by atoms with Gasteiger partial charge in [0, 0.05) is 5.56 Å². The molecule has 0 amide bonds. The first-order valence-electron chi connectivity index (χ1n) is 7.09. The second-order valence-corrected chi connectivity index (χ2v) is 4.54. The molecule has 0 spiro atoms. The number of rotatable bonds is 6.